The van der Waals surface area contributed by atoms with E-state index in [1.54, 1.807) is 6.07 Å². The molecule has 0 saturated carbocycles. The van der Waals surface area contributed by atoms with Crippen molar-refractivity contribution >= 4 is 23.2 Å². The van der Waals surface area contributed by atoms with Crippen LogP contribution in [-0.4, -0.2) is 11.6 Å². The lowest BCUT2D eigenvalue weighted by molar-refractivity contribution is 0.0954. The number of hydrogen-bond donors (Lipinski definition) is 1. The van der Waals surface area contributed by atoms with Crippen LogP contribution in [0.3, 0.4) is 0 Å². The minimum atomic E-state index is -0.210. The monoisotopic (exact) mass is 300 g/mol. The van der Waals surface area contributed by atoms with E-state index in [1.807, 2.05) is 56.3 Å². The van der Waals surface area contributed by atoms with Crippen molar-refractivity contribution in [1.29, 1.82) is 0 Å². The van der Waals surface area contributed by atoms with Gasteiger partial charge in [-0.15, -0.1) is 0 Å². The molecule has 0 aliphatic rings. The quantitative estimate of drug-likeness (QED) is 0.667. The van der Waals surface area contributed by atoms with E-state index in [0.29, 0.717) is 10.6 Å². The second-order valence-corrected chi connectivity index (χ2v) is 5.17. The van der Waals surface area contributed by atoms with Crippen molar-refractivity contribution < 1.29 is 4.79 Å². The molecule has 21 heavy (non-hydrogen) atoms. The number of rotatable bonds is 4. The van der Waals surface area contributed by atoms with Gasteiger partial charge >= 0.3 is 0 Å². The average molecular weight is 301 g/mol. The second-order valence-electron chi connectivity index (χ2n) is 4.73. The van der Waals surface area contributed by atoms with Gasteiger partial charge in [0.15, 0.2) is 0 Å². The molecule has 0 aliphatic carbocycles. The normalized spacial score (nSPS) is 11.3. The molecule has 1 N–H and O–H groups in total. The highest BCUT2D eigenvalue weighted by molar-refractivity contribution is 6.30. The summed E-state index contributed by atoms with van der Waals surface area (Å²) in [5.41, 5.74) is 6.01. The van der Waals surface area contributed by atoms with E-state index in [-0.39, 0.29) is 5.91 Å². The Morgan fingerprint density at radius 3 is 2.48 bits per heavy atom. The lowest BCUT2D eigenvalue weighted by Crippen LogP contribution is -2.20. The summed E-state index contributed by atoms with van der Waals surface area (Å²) in [7, 11) is 0. The van der Waals surface area contributed by atoms with Gasteiger partial charge < -0.3 is 0 Å². The molecule has 0 aliphatic heterocycles. The maximum atomic E-state index is 12.1. The first kappa shape index (κ1) is 15.3. The Balaban J connectivity index is 2.14. The van der Waals surface area contributed by atoms with E-state index in [1.165, 1.54) is 0 Å². The molecule has 4 heteroatoms. The molecule has 2 rings (SSSR count). The topological polar surface area (TPSA) is 41.5 Å². The number of aryl methyl sites for hydroxylation is 1. The van der Waals surface area contributed by atoms with Crippen LogP contribution in [0.1, 0.15) is 34.8 Å². The third-order valence-electron chi connectivity index (χ3n) is 3.09. The van der Waals surface area contributed by atoms with Gasteiger partial charge in [0.25, 0.3) is 5.91 Å². The number of nitrogens with one attached hydrogen (secondary N) is 1. The second kappa shape index (κ2) is 7.04. The fourth-order valence-corrected chi connectivity index (χ4v) is 2.09. The number of carbonyl (C=O) groups excluding carboxylic acids is 1. The Labute approximate surface area is 129 Å². The minimum Gasteiger partial charge on any atom is -0.267 e. The third kappa shape index (κ3) is 4.17. The Hall–Kier alpha value is -2.13. The molecule has 1 amide bonds. The summed E-state index contributed by atoms with van der Waals surface area (Å²) in [5.74, 6) is -0.210. The fourth-order valence-electron chi connectivity index (χ4n) is 1.96. The van der Waals surface area contributed by atoms with E-state index in [2.05, 4.69) is 10.5 Å². The highest BCUT2D eigenvalue weighted by atomic mass is 35.5. The van der Waals surface area contributed by atoms with Gasteiger partial charge in [-0.1, -0.05) is 48.4 Å². The molecular formula is C17H17ClN2O. The van der Waals surface area contributed by atoms with E-state index >= 15 is 0 Å². The summed E-state index contributed by atoms with van der Waals surface area (Å²) < 4.78 is 0. The van der Waals surface area contributed by atoms with Gasteiger partial charge in [-0.25, -0.2) is 5.43 Å². The average Bonchev–Trinajstić information content (AvgIpc) is 2.49. The molecular weight excluding hydrogens is 284 g/mol. The summed E-state index contributed by atoms with van der Waals surface area (Å²) >= 11 is 5.87. The lowest BCUT2D eigenvalue weighted by Gasteiger charge is -2.06. The lowest BCUT2D eigenvalue weighted by atomic mass is 10.1. The molecule has 0 bridgehead atoms. The molecule has 3 nitrogen and oxygen atoms in total. The van der Waals surface area contributed by atoms with Crippen molar-refractivity contribution in [2.75, 3.05) is 0 Å². The molecule has 0 atom stereocenters. The van der Waals surface area contributed by atoms with Crippen LogP contribution in [-0.2, 0) is 0 Å². The zero-order valence-electron chi connectivity index (χ0n) is 12.1. The van der Waals surface area contributed by atoms with E-state index < -0.39 is 0 Å². The molecule has 2 aromatic rings. The highest BCUT2D eigenvalue weighted by Crippen LogP contribution is 2.11. The number of hydrazone groups is 1. The summed E-state index contributed by atoms with van der Waals surface area (Å²) in [4.78, 5) is 12.1. The number of amides is 1. The van der Waals surface area contributed by atoms with Crippen molar-refractivity contribution in [3.63, 3.8) is 0 Å². The molecule has 0 spiro atoms. The zero-order chi connectivity index (χ0) is 15.2. The number of halogens is 1. The SMILES string of the molecule is CCC(=NNC(=O)c1cccc(C)c1)c1ccc(Cl)cc1. The van der Waals surface area contributed by atoms with Crippen LogP contribution < -0.4 is 5.43 Å². The van der Waals surface area contributed by atoms with Crippen LogP contribution in [0, 0.1) is 6.92 Å². The summed E-state index contributed by atoms with van der Waals surface area (Å²) in [6.07, 6.45) is 0.718. The van der Waals surface area contributed by atoms with Crippen molar-refractivity contribution in [1.82, 2.24) is 5.43 Å². The van der Waals surface area contributed by atoms with Crippen LogP contribution in [0.25, 0.3) is 0 Å². The Bertz CT molecular complexity index is 663. The van der Waals surface area contributed by atoms with Gasteiger partial charge in [0.2, 0.25) is 0 Å². The van der Waals surface area contributed by atoms with Crippen LogP contribution in [0.15, 0.2) is 53.6 Å². The van der Waals surface area contributed by atoms with Crippen molar-refractivity contribution in [2.45, 2.75) is 20.3 Å². The van der Waals surface area contributed by atoms with Gasteiger partial charge in [0.1, 0.15) is 0 Å². The van der Waals surface area contributed by atoms with E-state index in [0.717, 1.165) is 23.3 Å². The third-order valence-corrected chi connectivity index (χ3v) is 3.34. The van der Waals surface area contributed by atoms with Crippen LogP contribution in [0.5, 0.6) is 0 Å². The smallest absolute Gasteiger partial charge is 0.267 e. The molecule has 0 heterocycles. The standard InChI is InChI=1S/C17H17ClN2O/c1-3-16(13-7-9-15(18)10-8-13)19-20-17(21)14-6-4-5-12(2)11-14/h4-11H,3H2,1-2H3,(H,20,21). The summed E-state index contributed by atoms with van der Waals surface area (Å²) in [6.45, 7) is 3.94. The van der Waals surface area contributed by atoms with Crippen LogP contribution in [0.2, 0.25) is 5.02 Å². The maximum absolute atomic E-state index is 12.1. The zero-order valence-corrected chi connectivity index (χ0v) is 12.8. The number of carbonyl (C=O) groups is 1. The van der Waals surface area contributed by atoms with Gasteiger partial charge in [-0.05, 0) is 43.2 Å². The van der Waals surface area contributed by atoms with Crippen molar-refractivity contribution in [3.8, 4) is 0 Å². The summed E-state index contributed by atoms with van der Waals surface area (Å²) in [5, 5.41) is 4.90. The Morgan fingerprint density at radius 2 is 1.86 bits per heavy atom. The predicted octanol–water partition coefficient (Wildman–Crippen LogP) is 4.19. The van der Waals surface area contributed by atoms with Gasteiger partial charge in [-0.3, -0.25) is 4.79 Å². The first-order chi connectivity index (χ1) is 10.1. The van der Waals surface area contributed by atoms with Gasteiger partial charge in [0, 0.05) is 10.6 Å². The highest BCUT2D eigenvalue weighted by Gasteiger charge is 2.06. The first-order valence-corrected chi connectivity index (χ1v) is 7.17. The van der Waals surface area contributed by atoms with E-state index in [9.17, 15) is 4.79 Å². The summed E-state index contributed by atoms with van der Waals surface area (Å²) in [6, 6.07) is 14.8. The Kier molecular flexibility index (Phi) is 5.12. The number of benzene rings is 2. The molecule has 108 valence electrons. The van der Waals surface area contributed by atoms with Crippen molar-refractivity contribution in [3.05, 3.63) is 70.2 Å². The predicted molar refractivity (Wildman–Crippen MR) is 86.9 cm³/mol. The molecule has 0 radical (unpaired) electrons. The molecule has 2 aromatic carbocycles. The van der Waals surface area contributed by atoms with Crippen LogP contribution >= 0.6 is 11.6 Å². The van der Waals surface area contributed by atoms with E-state index in [4.69, 9.17) is 11.6 Å². The fraction of sp³-hybridized carbons (Fsp3) is 0.176. The van der Waals surface area contributed by atoms with Gasteiger partial charge in [-0.2, -0.15) is 5.10 Å². The number of hydrogen-bond acceptors (Lipinski definition) is 2. The van der Waals surface area contributed by atoms with Crippen molar-refractivity contribution in [2.24, 2.45) is 5.10 Å². The van der Waals surface area contributed by atoms with Gasteiger partial charge in [0.05, 0.1) is 5.71 Å². The maximum Gasteiger partial charge on any atom is 0.271 e. The first-order valence-electron chi connectivity index (χ1n) is 6.79. The Morgan fingerprint density at radius 1 is 1.14 bits per heavy atom. The largest absolute Gasteiger partial charge is 0.271 e. The molecule has 0 aromatic heterocycles. The van der Waals surface area contributed by atoms with Crippen LogP contribution in [0.4, 0.5) is 0 Å². The minimum absolute atomic E-state index is 0.210. The molecule has 0 fully saturated rings. The molecule has 0 saturated heterocycles. The number of nitrogens with zero attached hydrogens (tertiary/aromatic N) is 1. The molecule has 0 unspecified atom stereocenters.